The van der Waals surface area contributed by atoms with Crippen molar-refractivity contribution in [3.8, 4) is 5.75 Å². The van der Waals surface area contributed by atoms with Gasteiger partial charge in [0.25, 0.3) is 0 Å². The van der Waals surface area contributed by atoms with Crippen molar-refractivity contribution < 1.29 is 10.2 Å². The van der Waals surface area contributed by atoms with Crippen molar-refractivity contribution in [2.75, 3.05) is 0 Å². The summed E-state index contributed by atoms with van der Waals surface area (Å²) in [6.07, 6.45) is 10.0. The lowest BCUT2D eigenvalue weighted by Crippen LogP contribution is -2.28. The largest absolute Gasteiger partial charge is 0.508 e. The first-order valence-corrected chi connectivity index (χ1v) is 9.70. The predicted molar refractivity (Wildman–Crippen MR) is 105 cm³/mol. The number of aliphatic hydroxyl groups is 1. The molecule has 2 rings (SSSR count). The SMILES string of the molecule is CCCCCCCCCC(O)(Cc1ccccc1)c1ccc(O)cc1. The van der Waals surface area contributed by atoms with E-state index in [1.807, 2.05) is 30.3 Å². The number of benzene rings is 2. The van der Waals surface area contributed by atoms with Crippen molar-refractivity contribution in [3.63, 3.8) is 0 Å². The van der Waals surface area contributed by atoms with Crippen LogP contribution in [0.5, 0.6) is 5.75 Å². The molecule has 2 nitrogen and oxygen atoms in total. The van der Waals surface area contributed by atoms with Gasteiger partial charge in [-0.25, -0.2) is 0 Å². The Kier molecular flexibility index (Phi) is 8.00. The highest BCUT2D eigenvalue weighted by atomic mass is 16.3. The molecule has 1 unspecified atom stereocenters. The molecular formula is C23H32O2. The first-order valence-electron chi connectivity index (χ1n) is 9.70. The fourth-order valence-corrected chi connectivity index (χ4v) is 3.41. The van der Waals surface area contributed by atoms with E-state index in [1.54, 1.807) is 12.1 Å². The van der Waals surface area contributed by atoms with Crippen LogP contribution in [0.15, 0.2) is 54.6 Å². The summed E-state index contributed by atoms with van der Waals surface area (Å²) >= 11 is 0. The molecule has 0 radical (unpaired) electrons. The van der Waals surface area contributed by atoms with Crippen LogP contribution in [0.3, 0.4) is 0 Å². The van der Waals surface area contributed by atoms with E-state index in [0.717, 1.165) is 24.0 Å². The summed E-state index contributed by atoms with van der Waals surface area (Å²) in [6, 6.07) is 17.2. The second kappa shape index (κ2) is 10.2. The maximum absolute atomic E-state index is 11.4. The van der Waals surface area contributed by atoms with E-state index in [4.69, 9.17) is 0 Å². The van der Waals surface area contributed by atoms with Gasteiger partial charge in [0.15, 0.2) is 0 Å². The predicted octanol–water partition coefficient (Wildman–Crippen LogP) is 5.96. The molecule has 2 heteroatoms. The molecule has 1 atom stereocenters. The number of hydrogen-bond donors (Lipinski definition) is 2. The second-order valence-electron chi connectivity index (χ2n) is 7.11. The van der Waals surface area contributed by atoms with Gasteiger partial charge in [-0.05, 0) is 29.7 Å². The smallest absolute Gasteiger partial charge is 0.115 e. The van der Waals surface area contributed by atoms with Crippen molar-refractivity contribution in [2.24, 2.45) is 0 Å². The molecule has 2 aromatic carbocycles. The summed E-state index contributed by atoms with van der Waals surface area (Å²) in [5, 5.41) is 20.9. The van der Waals surface area contributed by atoms with Crippen LogP contribution in [0, 0.1) is 0 Å². The van der Waals surface area contributed by atoms with E-state index >= 15 is 0 Å². The topological polar surface area (TPSA) is 40.5 Å². The summed E-state index contributed by atoms with van der Waals surface area (Å²) in [4.78, 5) is 0. The third-order valence-electron chi connectivity index (χ3n) is 4.94. The standard InChI is InChI=1S/C23H32O2/c1-2-3-4-5-6-7-11-18-23(25,19-20-12-9-8-10-13-20)21-14-16-22(24)17-15-21/h8-10,12-17,24-25H,2-7,11,18-19H2,1H3. The van der Waals surface area contributed by atoms with Crippen molar-refractivity contribution >= 4 is 0 Å². The van der Waals surface area contributed by atoms with Gasteiger partial charge in [0, 0.05) is 6.42 Å². The Morgan fingerprint density at radius 1 is 0.760 bits per heavy atom. The summed E-state index contributed by atoms with van der Waals surface area (Å²) in [5.74, 6) is 0.238. The minimum absolute atomic E-state index is 0.238. The van der Waals surface area contributed by atoms with Crippen LogP contribution in [0.2, 0.25) is 0 Å². The minimum atomic E-state index is -0.877. The minimum Gasteiger partial charge on any atom is -0.508 e. The van der Waals surface area contributed by atoms with E-state index < -0.39 is 5.60 Å². The second-order valence-corrected chi connectivity index (χ2v) is 7.11. The zero-order valence-corrected chi connectivity index (χ0v) is 15.5. The highest BCUT2D eigenvalue weighted by Gasteiger charge is 2.29. The Hall–Kier alpha value is -1.80. The van der Waals surface area contributed by atoms with Crippen LogP contribution >= 0.6 is 0 Å². The third kappa shape index (κ3) is 6.55. The molecular weight excluding hydrogens is 308 g/mol. The van der Waals surface area contributed by atoms with Gasteiger partial charge in [0.2, 0.25) is 0 Å². The summed E-state index contributed by atoms with van der Waals surface area (Å²) in [6.45, 7) is 2.24. The van der Waals surface area contributed by atoms with Gasteiger partial charge < -0.3 is 10.2 Å². The summed E-state index contributed by atoms with van der Waals surface area (Å²) < 4.78 is 0. The van der Waals surface area contributed by atoms with E-state index in [0.29, 0.717) is 6.42 Å². The van der Waals surface area contributed by atoms with Crippen LogP contribution in [-0.2, 0) is 12.0 Å². The number of phenolic OH excluding ortho intramolecular Hbond substituents is 1. The zero-order valence-electron chi connectivity index (χ0n) is 15.5. The maximum atomic E-state index is 11.4. The Balaban J connectivity index is 1.98. The van der Waals surface area contributed by atoms with E-state index in [9.17, 15) is 10.2 Å². The molecule has 0 aliphatic carbocycles. The van der Waals surface area contributed by atoms with Gasteiger partial charge in [0.05, 0.1) is 5.60 Å². The monoisotopic (exact) mass is 340 g/mol. The summed E-state index contributed by atoms with van der Waals surface area (Å²) in [5.41, 5.74) is 1.15. The van der Waals surface area contributed by atoms with Crippen LogP contribution in [0.1, 0.15) is 69.4 Å². The van der Waals surface area contributed by atoms with Crippen LogP contribution in [0.4, 0.5) is 0 Å². The number of aromatic hydroxyl groups is 1. The molecule has 0 heterocycles. The summed E-state index contributed by atoms with van der Waals surface area (Å²) in [7, 11) is 0. The first kappa shape index (κ1) is 19.5. The van der Waals surface area contributed by atoms with Gasteiger partial charge in [-0.1, -0.05) is 94.3 Å². The van der Waals surface area contributed by atoms with Gasteiger partial charge in [-0.15, -0.1) is 0 Å². The molecule has 0 bridgehead atoms. The molecule has 0 aromatic heterocycles. The Labute approximate surface area is 152 Å². The van der Waals surface area contributed by atoms with E-state index in [-0.39, 0.29) is 5.75 Å². The molecule has 0 saturated carbocycles. The van der Waals surface area contributed by atoms with Crippen molar-refractivity contribution in [1.82, 2.24) is 0 Å². The Morgan fingerprint density at radius 2 is 1.36 bits per heavy atom. The fourth-order valence-electron chi connectivity index (χ4n) is 3.41. The average molecular weight is 341 g/mol. The molecule has 0 amide bonds. The van der Waals surface area contributed by atoms with E-state index in [1.165, 1.54) is 38.5 Å². The van der Waals surface area contributed by atoms with Gasteiger partial charge in [-0.2, -0.15) is 0 Å². The van der Waals surface area contributed by atoms with Crippen molar-refractivity contribution in [1.29, 1.82) is 0 Å². The van der Waals surface area contributed by atoms with E-state index in [2.05, 4.69) is 19.1 Å². The quantitative estimate of drug-likeness (QED) is 0.495. The van der Waals surface area contributed by atoms with Crippen LogP contribution in [-0.4, -0.2) is 10.2 Å². The first-order chi connectivity index (χ1) is 12.1. The number of hydrogen-bond acceptors (Lipinski definition) is 2. The van der Waals surface area contributed by atoms with Gasteiger partial charge in [0.1, 0.15) is 5.75 Å². The van der Waals surface area contributed by atoms with Crippen molar-refractivity contribution in [2.45, 2.75) is 70.3 Å². The van der Waals surface area contributed by atoms with Crippen LogP contribution in [0.25, 0.3) is 0 Å². The molecule has 0 fully saturated rings. The number of unbranched alkanes of at least 4 members (excludes halogenated alkanes) is 6. The average Bonchev–Trinajstić information content (AvgIpc) is 2.62. The van der Waals surface area contributed by atoms with Crippen molar-refractivity contribution in [3.05, 3.63) is 65.7 Å². The number of rotatable bonds is 11. The van der Waals surface area contributed by atoms with Crippen LogP contribution < -0.4 is 0 Å². The molecule has 2 aromatic rings. The molecule has 2 N–H and O–H groups in total. The molecule has 136 valence electrons. The Morgan fingerprint density at radius 3 is 2.00 bits per heavy atom. The normalized spacial score (nSPS) is 13.5. The fraction of sp³-hybridized carbons (Fsp3) is 0.478. The lowest BCUT2D eigenvalue weighted by molar-refractivity contribution is 0.0249. The molecule has 0 saturated heterocycles. The molecule has 25 heavy (non-hydrogen) atoms. The molecule has 0 aliphatic rings. The van der Waals surface area contributed by atoms with Gasteiger partial charge >= 0.3 is 0 Å². The highest BCUT2D eigenvalue weighted by Crippen LogP contribution is 2.32. The lowest BCUT2D eigenvalue weighted by Gasteiger charge is -2.29. The lowest BCUT2D eigenvalue weighted by atomic mass is 9.83. The molecule has 0 spiro atoms. The van der Waals surface area contributed by atoms with Gasteiger partial charge in [-0.3, -0.25) is 0 Å². The highest BCUT2D eigenvalue weighted by molar-refractivity contribution is 5.32. The maximum Gasteiger partial charge on any atom is 0.115 e. The zero-order chi connectivity index (χ0) is 18.0. The molecule has 0 aliphatic heterocycles. The Bertz CT molecular complexity index is 591. The number of phenols is 1. The third-order valence-corrected chi connectivity index (χ3v) is 4.94.